The minimum atomic E-state index is 0.454. The van der Waals surface area contributed by atoms with E-state index in [1.54, 1.807) is 0 Å². The third kappa shape index (κ3) is 3.30. The van der Waals surface area contributed by atoms with E-state index in [1.807, 2.05) is 11.3 Å². The summed E-state index contributed by atoms with van der Waals surface area (Å²) in [5, 5.41) is 5.60. The molecule has 1 unspecified atom stereocenters. The summed E-state index contributed by atoms with van der Waals surface area (Å²) < 4.78 is 5.69. The Balaban J connectivity index is 1.57. The predicted molar refractivity (Wildman–Crippen MR) is 64.3 cm³/mol. The van der Waals surface area contributed by atoms with E-state index in [4.69, 9.17) is 4.74 Å². The maximum atomic E-state index is 5.69. The lowest BCUT2D eigenvalue weighted by atomic mass is 9.96. The molecule has 0 bridgehead atoms. The predicted octanol–water partition coefficient (Wildman–Crippen LogP) is 2.97. The fraction of sp³-hybridized carbons (Fsp3) is 0.667. The molecule has 84 valence electrons. The van der Waals surface area contributed by atoms with Gasteiger partial charge >= 0.3 is 0 Å². The van der Waals surface area contributed by atoms with E-state index in [-0.39, 0.29) is 0 Å². The van der Waals surface area contributed by atoms with Crippen molar-refractivity contribution in [3.63, 3.8) is 0 Å². The molecule has 0 saturated heterocycles. The number of hydrogen-bond acceptors (Lipinski definition) is 3. The van der Waals surface area contributed by atoms with Crippen molar-refractivity contribution >= 4 is 11.3 Å². The Labute approximate surface area is 95.6 Å². The molecule has 15 heavy (non-hydrogen) atoms. The monoisotopic (exact) mass is 225 g/mol. The van der Waals surface area contributed by atoms with Crippen LogP contribution in [0, 0.1) is 0 Å². The lowest BCUT2D eigenvalue weighted by Gasteiger charge is -2.25. The fourth-order valence-corrected chi connectivity index (χ4v) is 2.44. The van der Waals surface area contributed by atoms with E-state index >= 15 is 0 Å². The Morgan fingerprint density at radius 2 is 2.47 bits per heavy atom. The molecule has 1 aromatic rings. The number of rotatable bonds is 6. The van der Waals surface area contributed by atoms with Crippen LogP contribution >= 0.6 is 11.3 Å². The van der Waals surface area contributed by atoms with Gasteiger partial charge in [0.15, 0.2) is 0 Å². The van der Waals surface area contributed by atoms with Gasteiger partial charge in [0.05, 0.1) is 12.7 Å². The zero-order chi connectivity index (χ0) is 10.5. The Hall–Kier alpha value is -0.380. The lowest BCUT2D eigenvalue weighted by molar-refractivity contribution is 0.00366. The van der Waals surface area contributed by atoms with Gasteiger partial charge in [0.2, 0.25) is 0 Å². The first-order valence-corrected chi connectivity index (χ1v) is 6.62. The maximum Gasteiger partial charge on any atom is 0.0594 e. The van der Waals surface area contributed by atoms with Gasteiger partial charge in [-0.3, -0.25) is 0 Å². The molecule has 1 heterocycles. The molecule has 1 aliphatic carbocycles. The quantitative estimate of drug-likeness (QED) is 0.752. The number of hydrogen-bond donors (Lipinski definition) is 1. The van der Waals surface area contributed by atoms with Gasteiger partial charge < -0.3 is 10.1 Å². The van der Waals surface area contributed by atoms with E-state index in [1.165, 1.54) is 24.1 Å². The Morgan fingerprint density at radius 3 is 3.07 bits per heavy atom. The summed E-state index contributed by atoms with van der Waals surface area (Å²) in [4.78, 5) is 1.40. The Morgan fingerprint density at radius 1 is 1.60 bits per heavy atom. The van der Waals surface area contributed by atoms with Gasteiger partial charge in [-0.25, -0.2) is 0 Å². The van der Waals surface area contributed by atoms with Crippen LogP contribution in [0.3, 0.4) is 0 Å². The van der Waals surface area contributed by atoms with E-state index in [0.717, 1.165) is 13.2 Å². The minimum absolute atomic E-state index is 0.454. The van der Waals surface area contributed by atoms with Crippen LogP contribution in [0.1, 0.15) is 37.1 Å². The first-order chi connectivity index (χ1) is 7.36. The van der Waals surface area contributed by atoms with Crippen molar-refractivity contribution in [1.82, 2.24) is 5.32 Å². The highest BCUT2D eigenvalue weighted by Crippen LogP contribution is 2.21. The summed E-state index contributed by atoms with van der Waals surface area (Å²) in [5.74, 6) is 0. The molecule has 0 spiro atoms. The van der Waals surface area contributed by atoms with Gasteiger partial charge in [-0.2, -0.15) is 0 Å². The van der Waals surface area contributed by atoms with Crippen LogP contribution in [0.4, 0.5) is 0 Å². The first kappa shape index (κ1) is 11.1. The van der Waals surface area contributed by atoms with Crippen molar-refractivity contribution in [2.45, 2.75) is 38.3 Å². The standard InChI is InChI=1S/C12H19NOS/c1-10(12-6-3-9-15-12)13-7-8-14-11-4-2-5-11/h3,6,9-11,13H,2,4-5,7-8H2,1H3. The lowest BCUT2D eigenvalue weighted by Crippen LogP contribution is -2.28. The highest BCUT2D eigenvalue weighted by atomic mass is 32.1. The summed E-state index contributed by atoms with van der Waals surface area (Å²) in [5.41, 5.74) is 0. The average Bonchev–Trinajstić information content (AvgIpc) is 2.67. The van der Waals surface area contributed by atoms with Gasteiger partial charge in [0.1, 0.15) is 0 Å². The number of nitrogens with one attached hydrogen (secondary N) is 1. The molecular weight excluding hydrogens is 206 g/mol. The molecule has 0 aromatic carbocycles. The first-order valence-electron chi connectivity index (χ1n) is 5.74. The molecule has 0 amide bonds. The van der Waals surface area contributed by atoms with E-state index in [2.05, 4.69) is 29.8 Å². The summed E-state index contributed by atoms with van der Waals surface area (Å²) in [7, 11) is 0. The van der Waals surface area contributed by atoms with Gasteiger partial charge in [0.25, 0.3) is 0 Å². The Kier molecular flexibility index (Phi) is 4.18. The Bertz CT molecular complexity index is 269. The van der Waals surface area contributed by atoms with E-state index in [0.29, 0.717) is 12.1 Å². The van der Waals surface area contributed by atoms with Crippen molar-refractivity contribution in [1.29, 1.82) is 0 Å². The molecule has 3 heteroatoms. The molecule has 1 saturated carbocycles. The third-order valence-electron chi connectivity index (χ3n) is 2.93. The van der Waals surface area contributed by atoms with Crippen LogP contribution in [0.5, 0.6) is 0 Å². The second kappa shape index (κ2) is 5.64. The average molecular weight is 225 g/mol. The molecule has 0 aliphatic heterocycles. The molecule has 2 rings (SSSR count). The topological polar surface area (TPSA) is 21.3 Å². The van der Waals surface area contributed by atoms with Crippen LogP contribution in [-0.2, 0) is 4.74 Å². The zero-order valence-electron chi connectivity index (χ0n) is 9.24. The van der Waals surface area contributed by atoms with Crippen LogP contribution in [0.25, 0.3) is 0 Å². The number of ether oxygens (including phenoxy) is 1. The molecule has 1 N–H and O–H groups in total. The third-order valence-corrected chi connectivity index (χ3v) is 3.98. The van der Waals surface area contributed by atoms with Gasteiger partial charge in [-0.1, -0.05) is 6.07 Å². The summed E-state index contributed by atoms with van der Waals surface area (Å²) >= 11 is 1.81. The molecule has 0 radical (unpaired) electrons. The SMILES string of the molecule is CC(NCCOC1CCC1)c1cccs1. The second-order valence-electron chi connectivity index (χ2n) is 4.11. The van der Waals surface area contributed by atoms with Crippen LogP contribution in [0.2, 0.25) is 0 Å². The molecule has 1 aliphatic rings. The van der Waals surface area contributed by atoms with Gasteiger partial charge in [-0.05, 0) is 37.6 Å². The molecule has 1 aromatic heterocycles. The van der Waals surface area contributed by atoms with Crippen LogP contribution < -0.4 is 5.32 Å². The highest BCUT2D eigenvalue weighted by Gasteiger charge is 2.17. The molecule has 2 nitrogen and oxygen atoms in total. The normalized spacial score (nSPS) is 18.7. The summed E-state index contributed by atoms with van der Waals surface area (Å²) in [6.07, 6.45) is 4.44. The second-order valence-corrected chi connectivity index (χ2v) is 5.09. The van der Waals surface area contributed by atoms with Crippen molar-refractivity contribution in [2.24, 2.45) is 0 Å². The van der Waals surface area contributed by atoms with Crippen LogP contribution in [-0.4, -0.2) is 19.3 Å². The van der Waals surface area contributed by atoms with Gasteiger partial charge in [0, 0.05) is 17.5 Å². The zero-order valence-corrected chi connectivity index (χ0v) is 10.1. The highest BCUT2D eigenvalue weighted by molar-refractivity contribution is 7.10. The van der Waals surface area contributed by atoms with Crippen LogP contribution in [0.15, 0.2) is 17.5 Å². The molecular formula is C12H19NOS. The van der Waals surface area contributed by atoms with E-state index in [9.17, 15) is 0 Å². The van der Waals surface area contributed by atoms with E-state index < -0.39 is 0 Å². The van der Waals surface area contributed by atoms with Gasteiger partial charge in [-0.15, -0.1) is 11.3 Å². The summed E-state index contributed by atoms with van der Waals surface area (Å²) in [6.45, 7) is 4.01. The summed E-state index contributed by atoms with van der Waals surface area (Å²) in [6, 6.07) is 4.73. The van der Waals surface area contributed by atoms with Crippen molar-refractivity contribution in [2.75, 3.05) is 13.2 Å². The smallest absolute Gasteiger partial charge is 0.0594 e. The van der Waals surface area contributed by atoms with Crippen molar-refractivity contribution in [3.05, 3.63) is 22.4 Å². The van der Waals surface area contributed by atoms with Crippen molar-refractivity contribution < 1.29 is 4.74 Å². The fourth-order valence-electron chi connectivity index (χ4n) is 1.68. The minimum Gasteiger partial charge on any atom is -0.377 e. The van der Waals surface area contributed by atoms with Crippen molar-refractivity contribution in [3.8, 4) is 0 Å². The number of thiophene rings is 1. The molecule has 1 fully saturated rings. The maximum absolute atomic E-state index is 5.69. The molecule has 1 atom stereocenters. The largest absolute Gasteiger partial charge is 0.377 e.